The molecule has 9 heteroatoms. The minimum absolute atomic E-state index is 0.141. The number of nitrogens with zero attached hydrogens (tertiary/aromatic N) is 3. The molecule has 0 aliphatic heterocycles. The molecule has 1 aromatic carbocycles. The van der Waals surface area contributed by atoms with Gasteiger partial charge in [-0.15, -0.1) is 11.3 Å². The minimum Gasteiger partial charge on any atom is -0.493 e. The summed E-state index contributed by atoms with van der Waals surface area (Å²) in [6, 6.07) is 5.49. The van der Waals surface area contributed by atoms with Crippen molar-refractivity contribution < 1.29 is 14.3 Å². The van der Waals surface area contributed by atoms with E-state index >= 15 is 0 Å². The van der Waals surface area contributed by atoms with Crippen LogP contribution in [0.15, 0.2) is 34.4 Å². The van der Waals surface area contributed by atoms with E-state index in [9.17, 15) is 9.59 Å². The third kappa shape index (κ3) is 6.08. The van der Waals surface area contributed by atoms with E-state index in [-0.39, 0.29) is 12.1 Å². The normalized spacial score (nSPS) is 13.2. The second-order valence-electron chi connectivity index (χ2n) is 8.68. The van der Waals surface area contributed by atoms with Crippen LogP contribution >= 0.6 is 11.3 Å². The number of ether oxygens (including phenoxy) is 2. The molecular formula is C26H32N4O4S. The summed E-state index contributed by atoms with van der Waals surface area (Å²) >= 11 is 1.60. The summed E-state index contributed by atoms with van der Waals surface area (Å²) in [5, 5.41) is 4.71. The highest BCUT2D eigenvalue weighted by Crippen LogP contribution is 2.33. The van der Waals surface area contributed by atoms with E-state index in [4.69, 9.17) is 9.47 Å². The monoisotopic (exact) mass is 496 g/mol. The lowest BCUT2D eigenvalue weighted by molar-refractivity contribution is -0.121. The molecule has 35 heavy (non-hydrogen) atoms. The van der Waals surface area contributed by atoms with Gasteiger partial charge in [-0.1, -0.05) is 26.2 Å². The van der Waals surface area contributed by atoms with Gasteiger partial charge in [0.25, 0.3) is 11.5 Å². The maximum absolute atomic E-state index is 13.0. The molecule has 8 nitrogen and oxygen atoms in total. The number of hydrazone groups is 1. The second-order valence-corrected chi connectivity index (χ2v) is 9.76. The van der Waals surface area contributed by atoms with Crippen LogP contribution in [0.3, 0.4) is 0 Å². The molecule has 0 saturated heterocycles. The molecule has 1 amide bonds. The number of hydrogen-bond donors (Lipinski definition) is 1. The summed E-state index contributed by atoms with van der Waals surface area (Å²) in [6.07, 6.45) is 11.7. The molecule has 0 saturated carbocycles. The van der Waals surface area contributed by atoms with Gasteiger partial charge in [-0.25, -0.2) is 10.4 Å². The topological polar surface area (TPSA) is 94.8 Å². The van der Waals surface area contributed by atoms with Crippen LogP contribution in [0.2, 0.25) is 0 Å². The number of benzene rings is 1. The van der Waals surface area contributed by atoms with Crippen molar-refractivity contribution in [1.82, 2.24) is 15.0 Å². The van der Waals surface area contributed by atoms with Crippen LogP contribution in [-0.4, -0.2) is 35.4 Å². The van der Waals surface area contributed by atoms with Gasteiger partial charge in [-0.05, 0) is 61.4 Å². The van der Waals surface area contributed by atoms with Crippen LogP contribution in [-0.2, 0) is 24.2 Å². The van der Waals surface area contributed by atoms with Crippen molar-refractivity contribution in [1.29, 1.82) is 0 Å². The van der Waals surface area contributed by atoms with Gasteiger partial charge in [-0.2, -0.15) is 5.10 Å². The predicted octanol–water partition coefficient (Wildman–Crippen LogP) is 4.45. The van der Waals surface area contributed by atoms with Crippen LogP contribution < -0.4 is 20.5 Å². The number of aromatic nitrogens is 2. The molecule has 0 unspecified atom stereocenters. The summed E-state index contributed by atoms with van der Waals surface area (Å²) in [5.74, 6) is 0.899. The number of rotatable bonds is 11. The average molecular weight is 497 g/mol. The van der Waals surface area contributed by atoms with Crippen molar-refractivity contribution in [3.63, 3.8) is 0 Å². The van der Waals surface area contributed by atoms with Crippen molar-refractivity contribution in [3.8, 4) is 11.5 Å². The van der Waals surface area contributed by atoms with Crippen LogP contribution in [0.1, 0.15) is 61.5 Å². The van der Waals surface area contributed by atoms with E-state index in [0.29, 0.717) is 23.5 Å². The Kier molecular flexibility index (Phi) is 8.52. The van der Waals surface area contributed by atoms with Crippen molar-refractivity contribution >= 4 is 33.7 Å². The molecule has 186 valence electrons. The zero-order valence-corrected chi connectivity index (χ0v) is 21.2. The molecular weight excluding hydrogens is 464 g/mol. The molecule has 0 atom stereocenters. The van der Waals surface area contributed by atoms with E-state index in [1.165, 1.54) is 34.8 Å². The van der Waals surface area contributed by atoms with Gasteiger partial charge in [0.15, 0.2) is 11.5 Å². The zero-order chi connectivity index (χ0) is 24.6. The van der Waals surface area contributed by atoms with E-state index < -0.39 is 5.91 Å². The predicted molar refractivity (Wildman–Crippen MR) is 139 cm³/mol. The molecule has 2 aromatic heterocycles. The molecule has 0 spiro atoms. The highest BCUT2D eigenvalue weighted by Gasteiger charge is 2.20. The summed E-state index contributed by atoms with van der Waals surface area (Å²) < 4.78 is 12.6. The minimum atomic E-state index is -0.396. The molecule has 0 fully saturated rings. The lowest BCUT2D eigenvalue weighted by Gasteiger charge is -2.11. The Morgan fingerprint density at radius 2 is 2.09 bits per heavy atom. The van der Waals surface area contributed by atoms with Gasteiger partial charge in [-0.3, -0.25) is 14.2 Å². The quantitative estimate of drug-likeness (QED) is 0.240. The maximum Gasteiger partial charge on any atom is 0.262 e. The highest BCUT2D eigenvalue weighted by atomic mass is 32.1. The molecule has 4 rings (SSSR count). The van der Waals surface area contributed by atoms with Gasteiger partial charge in [0.2, 0.25) is 0 Å². The number of fused-ring (bicyclic) bond motifs is 3. The van der Waals surface area contributed by atoms with Crippen LogP contribution in [0.4, 0.5) is 0 Å². The Labute approximate surface area is 209 Å². The fourth-order valence-electron chi connectivity index (χ4n) is 4.26. The third-order valence-electron chi connectivity index (χ3n) is 6.10. The highest BCUT2D eigenvalue weighted by molar-refractivity contribution is 7.18. The number of hydrogen-bond acceptors (Lipinski definition) is 7. The Bertz CT molecular complexity index is 1260. The first-order valence-electron chi connectivity index (χ1n) is 12.2. The first-order chi connectivity index (χ1) is 17.1. The van der Waals surface area contributed by atoms with Crippen molar-refractivity contribution in [3.05, 3.63) is 50.9 Å². The van der Waals surface area contributed by atoms with Gasteiger partial charge in [0.05, 0.1) is 31.6 Å². The summed E-state index contributed by atoms with van der Waals surface area (Å²) in [4.78, 5) is 31.9. The lowest BCUT2D eigenvalue weighted by Crippen LogP contribution is -2.30. The number of nitrogens with one attached hydrogen (secondary N) is 1. The van der Waals surface area contributed by atoms with Crippen molar-refractivity contribution in [2.45, 2.75) is 64.8 Å². The van der Waals surface area contributed by atoms with E-state index in [1.807, 2.05) is 12.1 Å². The Morgan fingerprint density at radius 1 is 1.23 bits per heavy atom. The van der Waals surface area contributed by atoms with Gasteiger partial charge < -0.3 is 9.47 Å². The lowest BCUT2D eigenvalue weighted by atomic mass is 9.97. The number of methoxy groups -OCH3 is 1. The van der Waals surface area contributed by atoms with Crippen LogP contribution in [0.25, 0.3) is 10.2 Å². The smallest absolute Gasteiger partial charge is 0.262 e. The Balaban J connectivity index is 1.36. The van der Waals surface area contributed by atoms with Gasteiger partial charge in [0, 0.05) is 4.88 Å². The fourth-order valence-corrected chi connectivity index (χ4v) is 5.48. The first-order valence-corrected chi connectivity index (χ1v) is 13.0. The first kappa shape index (κ1) is 24.9. The molecule has 0 bridgehead atoms. The number of amides is 1. The number of carbonyl (C=O) groups is 1. The molecule has 0 radical (unpaired) electrons. The molecule has 2 heterocycles. The Morgan fingerprint density at radius 3 is 2.91 bits per heavy atom. The fraction of sp³-hybridized carbons (Fsp3) is 0.462. The maximum atomic E-state index is 13.0. The van der Waals surface area contributed by atoms with Crippen molar-refractivity contribution in [2.24, 2.45) is 5.10 Å². The molecule has 3 aromatic rings. The van der Waals surface area contributed by atoms with E-state index in [0.717, 1.165) is 54.5 Å². The summed E-state index contributed by atoms with van der Waals surface area (Å²) in [7, 11) is 1.59. The van der Waals surface area contributed by atoms with Gasteiger partial charge in [0.1, 0.15) is 11.4 Å². The van der Waals surface area contributed by atoms with Gasteiger partial charge >= 0.3 is 0 Å². The molecule has 1 N–H and O–H groups in total. The number of aryl methyl sites for hydroxylation is 2. The van der Waals surface area contributed by atoms with Crippen LogP contribution in [0, 0.1) is 0 Å². The largest absolute Gasteiger partial charge is 0.493 e. The summed E-state index contributed by atoms with van der Waals surface area (Å²) in [5.41, 5.74) is 4.20. The molecule has 1 aliphatic carbocycles. The number of carbonyl (C=O) groups excluding carboxylic acids is 1. The standard InChI is InChI=1S/C26H32N4O4S/c1-3-4-5-8-13-34-20-12-11-18(14-21(20)33-2)15-28-29-23(31)16-30-17-27-25-24(26(30)32)19-9-6-7-10-22(19)35-25/h11-12,14-15,17H,3-10,13,16H2,1-2H3,(H,29,31)/b28-15-. The SMILES string of the molecule is CCCCCCOc1ccc(/C=N\NC(=O)Cn2cnc3sc4c(c3c2=O)CCCC4)cc1OC. The van der Waals surface area contributed by atoms with Crippen LogP contribution in [0.5, 0.6) is 11.5 Å². The van der Waals surface area contributed by atoms with E-state index in [2.05, 4.69) is 22.4 Å². The summed E-state index contributed by atoms with van der Waals surface area (Å²) in [6.45, 7) is 2.69. The Hall–Kier alpha value is -3.20. The van der Waals surface area contributed by atoms with E-state index in [1.54, 1.807) is 24.5 Å². The average Bonchev–Trinajstić information content (AvgIpc) is 3.25. The van der Waals surface area contributed by atoms with Crippen molar-refractivity contribution in [2.75, 3.05) is 13.7 Å². The molecule has 1 aliphatic rings. The second kappa shape index (κ2) is 12.0. The third-order valence-corrected chi connectivity index (χ3v) is 7.30. The number of thiophene rings is 1. The zero-order valence-electron chi connectivity index (χ0n) is 20.3. The number of unbranched alkanes of at least 4 members (excludes halogenated alkanes) is 3.